The Bertz CT molecular complexity index is 1330. The average molecular weight is 1010 g/mol. The number of rotatable bonds is 45. The molecular formula is C57H105NO13. The molecule has 2 heterocycles. The van der Waals surface area contributed by atoms with Gasteiger partial charge in [-0.2, -0.15) is 0 Å². The maximum Gasteiger partial charge on any atom is 0.220 e. The first-order valence-corrected chi connectivity index (χ1v) is 28.7. The number of aliphatic hydroxyl groups excluding tert-OH is 8. The minimum atomic E-state index is -1.79. The van der Waals surface area contributed by atoms with Crippen molar-refractivity contribution < 1.29 is 64.6 Å². The molecule has 14 heteroatoms. The van der Waals surface area contributed by atoms with Crippen LogP contribution in [-0.2, 0) is 23.7 Å². The standard InChI is InChI=1S/C57H105NO13/c1-3-5-7-9-11-13-15-17-19-21-22-23-24-25-27-29-31-33-35-37-39-41-49(62)58-45(46(61)40-38-36-34-32-30-28-26-20-18-16-14-12-10-8-6-4-2)44-68-56-54(67)52(65)55(48(43-60)70-56)71-57-53(66)51(64)50(63)47(42-59)69-57/h15,17,21-22,38,40,45-48,50-57,59-61,63-67H,3-14,16,18-20,23-37,39,41-44H2,1-2H3,(H,58,62)/b17-15-,22-21-,40-38+. The van der Waals surface area contributed by atoms with Gasteiger partial charge in [-0.05, 0) is 51.4 Å². The van der Waals surface area contributed by atoms with E-state index in [4.69, 9.17) is 18.9 Å². The van der Waals surface area contributed by atoms with Crippen molar-refractivity contribution in [3.63, 3.8) is 0 Å². The van der Waals surface area contributed by atoms with Crippen molar-refractivity contribution in [3.8, 4) is 0 Å². The first kappa shape index (κ1) is 65.3. The van der Waals surface area contributed by atoms with Crippen molar-refractivity contribution in [2.24, 2.45) is 0 Å². The van der Waals surface area contributed by atoms with Crippen molar-refractivity contribution in [1.82, 2.24) is 5.32 Å². The predicted molar refractivity (Wildman–Crippen MR) is 281 cm³/mol. The molecule has 12 unspecified atom stereocenters. The van der Waals surface area contributed by atoms with Gasteiger partial charge in [-0.25, -0.2) is 0 Å². The Morgan fingerprint density at radius 1 is 0.507 bits per heavy atom. The number of hydrogen-bond donors (Lipinski definition) is 9. The molecule has 0 bridgehead atoms. The summed E-state index contributed by atoms with van der Waals surface area (Å²) >= 11 is 0. The number of carbonyl (C=O) groups is 1. The van der Waals surface area contributed by atoms with Crippen LogP contribution in [0.5, 0.6) is 0 Å². The van der Waals surface area contributed by atoms with E-state index >= 15 is 0 Å². The molecule has 2 saturated heterocycles. The molecule has 0 radical (unpaired) electrons. The summed E-state index contributed by atoms with van der Waals surface area (Å²) < 4.78 is 22.8. The van der Waals surface area contributed by atoms with E-state index in [0.717, 1.165) is 51.4 Å². The number of ether oxygens (including phenoxy) is 4. The highest BCUT2D eigenvalue weighted by Crippen LogP contribution is 2.30. The smallest absolute Gasteiger partial charge is 0.220 e. The summed E-state index contributed by atoms with van der Waals surface area (Å²) in [4.78, 5) is 13.2. The molecule has 71 heavy (non-hydrogen) atoms. The van der Waals surface area contributed by atoms with Gasteiger partial charge in [0.25, 0.3) is 0 Å². The number of carbonyl (C=O) groups excluding carboxylic acids is 1. The highest BCUT2D eigenvalue weighted by atomic mass is 16.7. The van der Waals surface area contributed by atoms with Gasteiger partial charge >= 0.3 is 0 Å². The first-order chi connectivity index (χ1) is 34.6. The zero-order valence-electron chi connectivity index (χ0n) is 44.5. The summed E-state index contributed by atoms with van der Waals surface area (Å²) in [6.45, 7) is 2.79. The van der Waals surface area contributed by atoms with E-state index in [-0.39, 0.29) is 18.9 Å². The first-order valence-electron chi connectivity index (χ1n) is 28.7. The van der Waals surface area contributed by atoms with Gasteiger partial charge in [-0.15, -0.1) is 0 Å². The van der Waals surface area contributed by atoms with E-state index in [1.165, 1.54) is 148 Å². The summed E-state index contributed by atoms with van der Waals surface area (Å²) in [5, 5.41) is 87.0. The number of hydrogen-bond acceptors (Lipinski definition) is 13. The summed E-state index contributed by atoms with van der Waals surface area (Å²) in [5.41, 5.74) is 0. The Kier molecular flexibility index (Phi) is 40.0. The highest BCUT2D eigenvalue weighted by Gasteiger charge is 2.51. The van der Waals surface area contributed by atoms with Crippen molar-refractivity contribution >= 4 is 5.91 Å². The summed E-state index contributed by atoms with van der Waals surface area (Å²) in [7, 11) is 0. The van der Waals surface area contributed by atoms with Gasteiger partial charge in [0, 0.05) is 6.42 Å². The van der Waals surface area contributed by atoms with Gasteiger partial charge < -0.3 is 65.1 Å². The van der Waals surface area contributed by atoms with Crippen LogP contribution in [-0.4, -0.2) is 140 Å². The zero-order valence-corrected chi connectivity index (χ0v) is 44.5. The zero-order chi connectivity index (χ0) is 51.7. The fourth-order valence-corrected chi connectivity index (χ4v) is 9.38. The van der Waals surface area contributed by atoms with Crippen LogP contribution in [0.2, 0.25) is 0 Å². The van der Waals surface area contributed by atoms with Crippen LogP contribution in [0.15, 0.2) is 36.5 Å². The van der Waals surface area contributed by atoms with Crippen LogP contribution < -0.4 is 5.32 Å². The molecule has 2 fully saturated rings. The van der Waals surface area contributed by atoms with Crippen LogP contribution >= 0.6 is 0 Å². The second-order valence-corrected chi connectivity index (χ2v) is 20.4. The average Bonchev–Trinajstić information content (AvgIpc) is 3.37. The Morgan fingerprint density at radius 3 is 1.41 bits per heavy atom. The molecule has 0 aromatic carbocycles. The lowest BCUT2D eigenvalue weighted by molar-refractivity contribution is -0.359. The lowest BCUT2D eigenvalue weighted by atomic mass is 9.97. The second kappa shape index (κ2) is 43.4. The number of amides is 1. The van der Waals surface area contributed by atoms with Crippen LogP contribution in [0.4, 0.5) is 0 Å². The maximum atomic E-state index is 13.2. The lowest BCUT2D eigenvalue weighted by Crippen LogP contribution is -2.65. The second-order valence-electron chi connectivity index (χ2n) is 20.4. The Labute approximate surface area is 430 Å². The molecule has 0 aromatic rings. The van der Waals surface area contributed by atoms with Crippen molar-refractivity contribution in [2.45, 2.75) is 299 Å². The summed E-state index contributed by atoms with van der Waals surface area (Å²) in [5.74, 6) is -0.243. The van der Waals surface area contributed by atoms with E-state index in [0.29, 0.717) is 6.42 Å². The molecule has 1 amide bonds. The van der Waals surface area contributed by atoms with Crippen molar-refractivity contribution in [2.75, 3.05) is 19.8 Å². The third-order valence-electron chi connectivity index (χ3n) is 14.1. The largest absolute Gasteiger partial charge is 0.394 e. The van der Waals surface area contributed by atoms with Gasteiger partial charge in [-0.1, -0.05) is 204 Å². The third-order valence-corrected chi connectivity index (χ3v) is 14.1. The number of unbranched alkanes of at least 4 members (excludes halogenated alkanes) is 28. The Morgan fingerprint density at radius 2 is 0.930 bits per heavy atom. The van der Waals surface area contributed by atoms with Crippen LogP contribution in [0.25, 0.3) is 0 Å². The molecule has 12 atom stereocenters. The normalized spacial score (nSPS) is 26.0. The summed E-state index contributed by atoms with van der Waals surface area (Å²) in [6, 6.07) is -0.916. The number of aliphatic hydroxyl groups is 8. The quantitative estimate of drug-likeness (QED) is 0.0205. The topological polar surface area (TPSA) is 228 Å². The minimum Gasteiger partial charge on any atom is -0.394 e. The van der Waals surface area contributed by atoms with Gasteiger partial charge in [-0.3, -0.25) is 4.79 Å². The number of nitrogens with one attached hydrogen (secondary N) is 1. The SMILES string of the molecule is CCCCCCC/C=C\C/C=C\CCCCCCCCCCCC(=O)NC(COC1OC(CO)C(OC2OC(CO)C(O)C(O)C2O)C(O)C1O)C(O)/C=C/CCCCCCCCCCCCCCCC. The molecule has 0 spiro atoms. The van der Waals surface area contributed by atoms with Crippen LogP contribution in [0.1, 0.15) is 226 Å². The number of allylic oxidation sites excluding steroid dienone is 5. The van der Waals surface area contributed by atoms with Gasteiger partial charge in [0.05, 0.1) is 32.0 Å². The van der Waals surface area contributed by atoms with Crippen LogP contribution in [0, 0.1) is 0 Å². The van der Waals surface area contributed by atoms with E-state index < -0.39 is 86.8 Å². The van der Waals surface area contributed by atoms with E-state index in [9.17, 15) is 45.6 Å². The lowest BCUT2D eigenvalue weighted by Gasteiger charge is -2.46. The van der Waals surface area contributed by atoms with Crippen molar-refractivity contribution in [1.29, 1.82) is 0 Å². The van der Waals surface area contributed by atoms with Gasteiger partial charge in [0.2, 0.25) is 5.91 Å². The molecular weight excluding hydrogens is 907 g/mol. The van der Waals surface area contributed by atoms with E-state index in [1.54, 1.807) is 6.08 Å². The molecule has 0 saturated carbocycles. The molecule has 0 aromatic heterocycles. The molecule has 2 aliphatic heterocycles. The Balaban J connectivity index is 1.79. The molecule has 416 valence electrons. The van der Waals surface area contributed by atoms with E-state index in [1.807, 2.05) is 6.08 Å². The molecule has 0 aliphatic carbocycles. The molecule has 2 aliphatic rings. The fourth-order valence-electron chi connectivity index (χ4n) is 9.38. The molecule has 14 nitrogen and oxygen atoms in total. The Hall–Kier alpha value is -1.79. The maximum absolute atomic E-state index is 13.2. The minimum absolute atomic E-state index is 0.243. The van der Waals surface area contributed by atoms with Gasteiger partial charge in [0.15, 0.2) is 12.6 Å². The third kappa shape index (κ3) is 29.8. The molecule has 9 N–H and O–H groups in total. The van der Waals surface area contributed by atoms with Crippen molar-refractivity contribution in [3.05, 3.63) is 36.5 Å². The monoisotopic (exact) mass is 1010 g/mol. The fraction of sp³-hybridized carbons (Fsp3) is 0.877. The predicted octanol–water partition coefficient (Wildman–Crippen LogP) is 9.05. The highest BCUT2D eigenvalue weighted by molar-refractivity contribution is 5.76. The van der Waals surface area contributed by atoms with Crippen LogP contribution in [0.3, 0.4) is 0 Å². The summed E-state index contributed by atoms with van der Waals surface area (Å²) in [6.07, 6.45) is 34.6. The molecule has 2 rings (SSSR count). The van der Waals surface area contributed by atoms with Gasteiger partial charge in [0.1, 0.15) is 48.8 Å². The van der Waals surface area contributed by atoms with E-state index in [2.05, 4.69) is 43.5 Å².